The number of hydrogen-bond donors (Lipinski definition) is 2. The van der Waals surface area contributed by atoms with Crippen molar-refractivity contribution in [3.05, 3.63) is 18.0 Å². The van der Waals surface area contributed by atoms with Crippen LogP contribution in [0.1, 0.15) is 18.9 Å². The van der Waals surface area contributed by atoms with Gasteiger partial charge in [-0.2, -0.15) is 17.7 Å². The number of aromatic nitrogens is 4. The van der Waals surface area contributed by atoms with Gasteiger partial charge < -0.3 is 20.3 Å². The molecule has 5 heterocycles. The number of nitrogens with one attached hydrogen (secondary N) is 1. The number of rotatable bonds is 5. The van der Waals surface area contributed by atoms with Gasteiger partial charge in [0.1, 0.15) is 5.82 Å². The average Bonchev–Trinajstić information content (AvgIpc) is 3.45. The van der Waals surface area contributed by atoms with Crippen molar-refractivity contribution in [2.45, 2.75) is 25.3 Å². The van der Waals surface area contributed by atoms with E-state index in [0.29, 0.717) is 51.8 Å². The molecule has 33 heavy (non-hydrogen) atoms. The van der Waals surface area contributed by atoms with Gasteiger partial charge in [-0.25, -0.2) is 19.7 Å². The topological polar surface area (TPSA) is 143 Å². The summed E-state index contributed by atoms with van der Waals surface area (Å²) in [6.07, 6.45) is 4.85. The number of nitrogen functional groups attached to an aromatic ring is 1. The van der Waals surface area contributed by atoms with Crippen LogP contribution in [0.3, 0.4) is 0 Å². The van der Waals surface area contributed by atoms with E-state index < -0.39 is 10.2 Å². The first-order chi connectivity index (χ1) is 15.8. The average molecular weight is 476 g/mol. The van der Waals surface area contributed by atoms with Crippen LogP contribution in [0.2, 0.25) is 0 Å². The summed E-state index contributed by atoms with van der Waals surface area (Å²) in [5, 5.41) is 0. The number of anilines is 3. The van der Waals surface area contributed by atoms with Crippen LogP contribution in [0.25, 0.3) is 11.3 Å². The smallest absolute Gasteiger partial charge is 0.279 e. The molecule has 178 valence electrons. The van der Waals surface area contributed by atoms with Crippen LogP contribution in [0, 0.1) is 0 Å². The van der Waals surface area contributed by atoms with Crippen LogP contribution in [0.5, 0.6) is 0 Å². The van der Waals surface area contributed by atoms with Crippen LogP contribution in [-0.4, -0.2) is 91.2 Å². The molecule has 0 bridgehead atoms. The van der Waals surface area contributed by atoms with E-state index in [0.717, 1.165) is 35.6 Å². The van der Waals surface area contributed by atoms with Gasteiger partial charge in [-0.05, 0) is 19.8 Å². The zero-order valence-corrected chi connectivity index (χ0v) is 19.7. The molecule has 3 aliphatic heterocycles. The second kappa shape index (κ2) is 8.31. The molecule has 2 aromatic heterocycles. The fourth-order valence-electron chi connectivity index (χ4n) is 4.83. The van der Waals surface area contributed by atoms with E-state index in [9.17, 15) is 8.42 Å². The van der Waals surface area contributed by atoms with Crippen molar-refractivity contribution in [1.82, 2.24) is 29.0 Å². The summed E-state index contributed by atoms with van der Waals surface area (Å²) in [6, 6.07) is 0. The van der Waals surface area contributed by atoms with E-state index in [4.69, 9.17) is 20.4 Å². The van der Waals surface area contributed by atoms with Crippen LogP contribution >= 0.6 is 0 Å². The zero-order chi connectivity index (χ0) is 23.2. The van der Waals surface area contributed by atoms with Crippen molar-refractivity contribution in [3.63, 3.8) is 0 Å². The van der Waals surface area contributed by atoms with Crippen LogP contribution in [0.15, 0.2) is 12.4 Å². The van der Waals surface area contributed by atoms with Gasteiger partial charge in [-0.1, -0.05) is 0 Å². The standard InChI is InChI=1S/C20H29N9O3S/c1-20(4-6-28(13-20)33(30,31)22-2)29-5-3-15-16(14-11-23-18(21)24-12-14)25-19(26-17(15)29)27-7-9-32-10-8-27/h11-12,22H,3-10,13H2,1-2H3,(H2,21,23,24). The third-order valence-electron chi connectivity index (χ3n) is 6.72. The molecule has 0 amide bonds. The molecule has 3 aliphatic rings. The lowest BCUT2D eigenvalue weighted by atomic mass is 9.99. The van der Waals surface area contributed by atoms with E-state index in [2.05, 4.69) is 31.4 Å². The van der Waals surface area contributed by atoms with Crippen molar-refractivity contribution in [3.8, 4) is 11.3 Å². The summed E-state index contributed by atoms with van der Waals surface area (Å²) < 4.78 is 34.2. The monoisotopic (exact) mass is 475 g/mol. The molecule has 0 spiro atoms. The summed E-state index contributed by atoms with van der Waals surface area (Å²) in [5.41, 5.74) is 7.94. The summed E-state index contributed by atoms with van der Waals surface area (Å²) in [7, 11) is -2.04. The lowest BCUT2D eigenvalue weighted by molar-refractivity contribution is 0.122. The number of nitrogens with zero attached hydrogens (tertiary/aromatic N) is 7. The van der Waals surface area contributed by atoms with E-state index in [-0.39, 0.29) is 11.5 Å². The van der Waals surface area contributed by atoms with Gasteiger partial charge in [0, 0.05) is 63.3 Å². The van der Waals surface area contributed by atoms with E-state index in [1.165, 1.54) is 11.4 Å². The fourth-order valence-corrected chi connectivity index (χ4v) is 5.87. The van der Waals surface area contributed by atoms with Crippen LogP contribution in [-0.2, 0) is 21.4 Å². The Morgan fingerprint density at radius 2 is 1.85 bits per heavy atom. The number of hydrogen-bond acceptors (Lipinski definition) is 10. The lowest BCUT2D eigenvalue weighted by Gasteiger charge is -2.37. The first kappa shape index (κ1) is 22.2. The number of morpholine rings is 1. The third kappa shape index (κ3) is 3.98. The van der Waals surface area contributed by atoms with Gasteiger partial charge in [-0.3, -0.25) is 0 Å². The number of nitrogens with two attached hydrogens (primary N) is 1. The van der Waals surface area contributed by atoms with Gasteiger partial charge in [0.2, 0.25) is 11.9 Å². The molecule has 0 aliphatic carbocycles. The maximum atomic E-state index is 12.4. The Kier molecular flexibility index (Phi) is 5.59. The highest BCUT2D eigenvalue weighted by atomic mass is 32.2. The molecule has 2 fully saturated rings. The third-order valence-corrected chi connectivity index (χ3v) is 8.23. The minimum Gasteiger partial charge on any atom is -0.378 e. The molecule has 0 aromatic carbocycles. The fraction of sp³-hybridized carbons (Fsp3) is 0.600. The summed E-state index contributed by atoms with van der Waals surface area (Å²) in [5.74, 6) is 1.70. The quantitative estimate of drug-likeness (QED) is 0.589. The first-order valence-electron chi connectivity index (χ1n) is 11.1. The van der Waals surface area contributed by atoms with Gasteiger partial charge in [0.25, 0.3) is 10.2 Å². The molecule has 3 N–H and O–H groups in total. The summed E-state index contributed by atoms with van der Waals surface area (Å²) in [4.78, 5) is 22.6. The van der Waals surface area contributed by atoms with Crippen molar-refractivity contribution < 1.29 is 13.2 Å². The second-order valence-corrected chi connectivity index (χ2v) is 10.7. The van der Waals surface area contributed by atoms with Crippen molar-refractivity contribution in [2.75, 3.05) is 68.5 Å². The largest absolute Gasteiger partial charge is 0.378 e. The molecule has 1 atom stereocenters. The lowest BCUT2D eigenvalue weighted by Crippen LogP contribution is -2.49. The van der Waals surface area contributed by atoms with Gasteiger partial charge >= 0.3 is 0 Å². The predicted molar refractivity (Wildman–Crippen MR) is 124 cm³/mol. The van der Waals surface area contributed by atoms with Crippen LogP contribution in [0.4, 0.5) is 17.7 Å². The van der Waals surface area contributed by atoms with Crippen molar-refractivity contribution >= 4 is 27.9 Å². The molecule has 2 saturated heterocycles. The van der Waals surface area contributed by atoms with Crippen LogP contribution < -0.4 is 20.3 Å². The zero-order valence-electron chi connectivity index (χ0n) is 18.9. The molecule has 12 nitrogen and oxygen atoms in total. The molecule has 1 unspecified atom stereocenters. The Morgan fingerprint density at radius 1 is 1.12 bits per heavy atom. The molecule has 2 aromatic rings. The van der Waals surface area contributed by atoms with E-state index in [1.807, 2.05) is 0 Å². The minimum absolute atomic E-state index is 0.212. The maximum Gasteiger partial charge on any atom is 0.279 e. The highest BCUT2D eigenvalue weighted by molar-refractivity contribution is 7.87. The molecule has 13 heteroatoms. The Balaban J connectivity index is 1.56. The molecular formula is C20H29N9O3S. The molecular weight excluding hydrogens is 446 g/mol. The molecule has 5 rings (SSSR count). The number of fused-ring (bicyclic) bond motifs is 1. The summed E-state index contributed by atoms with van der Waals surface area (Å²) in [6.45, 7) is 6.37. The van der Waals surface area contributed by atoms with Crippen molar-refractivity contribution in [1.29, 1.82) is 0 Å². The second-order valence-electron chi connectivity index (χ2n) is 8.80. The maximum absolute atomic E-state index is 12.4. The van der Waals surface area contributed by atoms with Crippen molar-refractivity contribution in [2.24, 2.45) is 0 Å². The first-order valence-corrected chi connectivity index (χ1v) is 12.5. The highest BCUT2D eigenvalue weighted by Gasteiger charge is 2.46. The molecule has 0 radical (unpaired) electrons. The SMILES string of the molecule is CNS(=O)(=O)N1CCC(C)(N2CCc3c(-c4cnc(N)nc4)nc(N4CCOCC4)nc32)C1. The summed E-state index contributed by atoms with van der Waals surface area (Å²) >= 11 is 0. The Hall–Kier alpha value is -2.61. The van der Waals surface area contributed by atoms with Gasteiger partial charge in [0.15, 0.2) is 0 Å². The Morgan fingerprint density at radius 3 is 2.55 bits per heavy atom. The molecule has 0 saturated carbocycles. The van der Waals surface area contributed by atoms with E-state index >= 15 is 0 Å². The van der Waals surface area contributed by atoms with E-state index in [1.54, 1.807) is 12.4 Å². The normalized spacial score (nSPS) is 23.8. The highest BCUT2D eigenvalue weighted by Crippen LogP contribution is 2.41. The predicted octanol–water partition coefficient (Wildman–Crippen LogP) is -0.356. The Bertz CT molecular complexity index is 1140. The van der Waals surface area contributed by atoms with Gasteiger partial charge in [0.05, 0.1) is 24.4 Å². The minimum atomic E-state index is -3.48. The number of ether oxygens (including phenoxy) is 1. The Labute approximate surface area is 193 Å². The van der Waals surface area contributed by atoms with Gasteiger partial charge in [-0.15, -0.1) is 0 Å².